The van der Waals surface area contributed by atoms with Crippen LogP contribution in [0.25, 0.3) is 11.3 Å². The SMILES string of the molecule is CCC1CC(=O)NC(n2nc(-c3ccccc3)cc2NC(=O)NCc2ccc(OC)cc2)N1. The number of hydrogen-bond donors (Lipinski definition) is 4. The van der Waals surface area contributed by atoms with Gasteiger partial charge in [0.05, 0.1) is 12.8 Å². The number of hydrogen-bond acceptors (Lipinski definition) is 5. The predicted octanol–water partition coefficient (Wildman–Crippen LogP) is 3.22. The van der Waals surface area contributed by atoms with Crippen LogP contribution in [-0.4, -0.2) is 34.9 Å². The number of rotatable bonds is 7. The van der Waals surface area contributed by atoms with E-state index in [0.717, 1.165) is 23.3 Å². The third kappa shape index (κ3) is 5.50. The maximum Gasteiger partial charge on any atom is 0.320 e. The molecule has 2 heterocycles. The number of nitrogens with one attached hydrogen (secondary N) is 4. The van der Waals surface area contributed by atoms with Crippen molar-refractivity contribution >= 4 is 17.8 Å². The van der Waals surface area contributed by atoms with Gasteiger partial charge in [-0.15, -0.1) is 0 Å². The first-order chi connectivity index (χ1) is 16.1. The van der Waals surface area contributed by atoms with Gasteiger partial charge in [-0.3, -0.25) is 15.4 Å². The number of urea groups is 1. The van der Waals surface area contributed by atoms with Crippen LogP contribution in [0.4, 0.5) is 10.6 Å². The number of amides is 3. The second kappa shape index (κ2) is 10.2. The molecule has 9 heteroatoms. The molecule has 33 heavy (non-hydrogen) atoms. The van der Waals surface area contributed by atoms with E-state index in [4.69, 9.17) is 4.74 Å². The van der Waals surface area contributed by atoms with E-state index >= 15 is 0 Å². The Bertz CT molecular complexity index is 1100. The molecule has 172 valence electrons. The molecule has 2 aromatic carbocycles. The van der Waals surface area contributed by atoms with Crippen molar-refractivity contribution in [2.75, 3.05) is 12.4 Å². The maximum atomic E-state index is 12.7. The highest BCUT2D eigenvalue weighted by Gasteiger charge is 2.28. The highest BCUT2D eigenvalue weighted by atomic mass is 16.5. The van der Waals surface area contributed by atoms with E-state index in [1.165, 1.54) is 0 Å². The van der Waals surface area contributed by atoms with Gasteiger partial charge in [-0.05, 0) is 24.1 Å². The van der Waals surface area contributed by atoms with Crippen molar-refractivity contribution < 1.29 is 14.3 Å². The quantitative estimate of drug-likeness (QED) is 0.444. The first-order valence-corrected chi connectivity index (χ1v) is 10.9. The van der Waals surface area contributed by atoms with Crippen molar-refractivity contribution in [3.8, 4) is 17.0 Å². The van der Waals surface area contributed by atoms with Gasteiger partial charge in [-0.1, -0.05) is 49.4 Å². The molecule has 4 rings (SSSR count). The maximum absolute atomic E-state index is 12.7. The number of nitrogens with zero attached hydrogens (tertiary/aromatic N) is 2. The van der Waals surface area contributed by atoms with Crippen LogP contribution < -0.4 is 26.0 Å². The summed E-state index contributed by atoms with van der Waals surface area (Å²) in [5.74, 6) is 1.17. The number of benzene rings is 2. The van der Waals surface area contributed by atoms with Gasteiger partial charge < -0.3 is 15.4 Å². The molecule has 0 bridgehead atoms. The van der Waals surface area contributed by atoms with Crippen LogP contribution in [0.3, 0.4) is 0 Å². The zero-order chi connectivity index (χ0) is 23.2. The Hall–Kier alpha value is -3.85. The lowest BCUT2D eigenvalue weighted by Crippen LogP contribution is -2.53. The molecule has 2 atom stereocenters. The van der Waals surface area contributed by atoms with Crippen molar-refractivity contribution in [2.24, 2.45) is 0 Å². The summed E-state index contributed by atoms with van der Waals surface area (Å²) >= 11 is 0. The summed E-state index contributed by atoms with van der Waals surface area (Å²) in [5.41, 5.74) is 2.54. The summed E-state index contributed by atoms with van der Waals surface area (Å²) in [4.78, 5) is 24.9. The molecule has 1 saturated heterocycles. The fraction of sp³-hybridized carbons (Fsp3) is 0.292. The van der Waals surface area contributed by atoms with Crippen molar-refractivity contribution in [3.63, 3.8) is 0 Å². The summed E-state index contributed by atoms with van der Waals surface area (Å²) in [6.07, 6.45) is 0.651. The number of anilines is 1. The van der Waals surface area contributed by atoms with Crippen LogP contribution in [0.2, 0.25) is 0 Å². The second-order valence-electron chi connectivity index (χ2n) is 7.83. The smallest absolute Gasteiger partial charge is 0.320 e. The first-order valence-electron chi connectivity index (χ1n) is 10.9. The van der Waals surface area contributed by atoms with E-state index in [9.17, 15) is 9.59 Å². The highest BCUT2D eigenvalue weighted by molar-refractivity contribution is 5.89. The van der Waals surface area contributed by atoms with Gasteiger partial charge in [0.25, 0.3) is 0 Å². The molecule has 0 spiro atoms. The van der Waals surface area contributed by atoms with E-state index in [-0.39, 0.29) is 18.0 Å². The molecule has 1 fully saturated rings. The molecule has 9 nitrogen and oxygen atoms in total. The predicted molar refractivity (Wildman–Crippen MR) is 126 cm³/mol. The monoisotopic (exact) mass is 448 g/mol. The molecule has 0 aliphatic carbocycles. The molecule has 1 aliphatic heterocycles. The summed E-state index contributed by atoms with van der Waals surface area (Å²) in [7, 11) is 1.61. The van der Waals surface area contributed by atoms with E-state index in [0.29, 0.717) is 24.5 Å². The number of carbonyl (C=O) groups excluding carboxylic acids is 2. The highest BCUT2D eigenvalue weighted by Crippen LogP contribution is 2.25. The Morgan fingerprint density at radius 1 is 1.18 bits per heavy atom. The topological polar surface area (TPSA) is 109 Å². The van der Waals surface area contributed by atoms with Crippen LogP contribution in [-0.2, 0) is 11.3 Å². The van der Waals surface area contributed by atoms with E-state index in [1.54, 1.807) is 17.9 Å². The Morgan fingerprint density at radius 2 is 1.94 bits per heavy atom. The zero-order valence-electron chi connectivity index (χ0n) is 18.7. The third-order valence-electron chi connectivity index (χ3n) is 5.52. The number of ether oxygens (including phenoxy) is 1. The lowest BCUT2D eigenvalue weighted by molar-refractivity contribution is -0.125. The molecule has 3 amide bonds. The molecule has 2 unspecified atom stereocenters. The zero-order valence-corrected chi connectivity index (χ0v) is 18.7. The minimum absolute atomic E-state index is 0.0323. The van der Waals surface area contributed by atoms with Crippen LogP contribution >= 0.6 is 0 Å². The van der Waals surface area contributed by atoms with Crippen molar-refractivity contribution in [1.82, 2.24) is 25.7 Å². The Labute approximate surface area is 192 Å². The van der Waals surface area contributed by atoms with E-state index in [2.05, 4.69) is 26.4 Å². The van der Waals surface area contributed by atoms with Gasteiger partial charge in [-0.2, -0.15) is 5.10 Å². The third-order valence-corrected chi connectivity index (χ3v) is 5.52. The molecule has 3 aromatic rings. The number of carbonyl (C=O) groups is 2. The Kier molecular flexibility index (Phi) is 6.89. The second-order valence-corrected chi connectivity index (χ2v) is 7.83. The average molecular weight is 449 g/mol. The molecule has 4 N–H and O–H groups in total. The first kappa shape index (κ1) is 22.3. The van der Waals surface area contributed by atoms with Gasteiger partial charge in [0.2, 0.25) is 5.91 Å². The molecule has 0 radical (unpaired) electrons. The number of aromatic nitrogens is 2. The van der Waals surface area contributed by atoms with Gasteiger partial charge in [-0.25, -0.2) is 9.48 Å². The van der Waals surface area contributed by atoms with Gasteiger partial charge >= 0.3 is 6.03 Å². The summed E-state index contributed by atoms with van der Waals surface area (Å²) < 4.78 is 6.77. The minimum atomic E-state index is -0.564. The lowest BCUT2D eigenvalue weighted by Gasteiger charge is -2.31. The molecule has 0 saturated carbocycles. The molecule has 1 aromatic heterocycles. The summed E-state index contributed by atoms with van der Waals surface area (Å²) in [6.45, 7) is 2.38. The van der Waals surface area contributed by atoms with E-state index < -0.39 is 6.29 Å². The van der Waals surface area contributed by atoms with Crippen molar-refractivity contribution in [3.05, 3.63) is 66.2 Å². The molecular weight excluding hydrogens is 420 g/mol. The molecular formula is C24H28N6O3. The van der Waals surface area contributed by atoms with Crippen LogP contribution in [0.1, 0.15) is 31.6 Å². The van der Waals surface area contributed by atoms with Gasteiger partial charge in [0.15, 0.2) is 6.29 Å². The average Bonchev–Trinajstić information content (AvgIpc) is 3.27. The van der Waals surface area contributed by atoms with Gasteiger partial charge in [0, 0.05) is 30.6 Å². The van der Waals surface area contributed by atoms with Crippen molar-refractivity contribution in [1.29, 1.82) is 0 Å². The summed E-state index contributed by atoms with van der Waals surface area (Å²) in [5, 5.41) is 16.7. The largest absolute Gasteiger partial charge is 0.497 e. The van der Waals surface area contributed by atoms with Crippen LogP contribution in [0, 0.1) is 0 Å². The fourth-order valence-corrected chi connectivity index (χ4v) is 3.67. The summed E-state index contributed by atoms with van der Waals surface area (Å²) in [6, 6.07) is 18.6. The van der Waals surface area contributed by atoms with Crippen LogP contribution in [0.5, 0.6) is 5.75 Å². The fourth-order valence-electron chi connectivity index (χ4n) is 3.67. The minimum Gasteiger partial charge on any atom is -0.497 e. The Morgan fingerprint density at radius 3 is 2.64 bits per heavy atom. The van der Waals surface area contributed by atoms with E-state index in [1.807, 2.05) is 61.5 Å². The van der Waals surface area contributed by atoms with Crippen LogP contribution in [0.15, 0.2) is 60.7 Å². The standard InChI is InChI=1S/C24H28N6O3/c1-3-18-13-22(31)28-23(26-18)30-21(14-20(29-30)17-7-5-4-6-8-17)27-24(32)25-15-16-9-11-19(33-2)12-10-16/h4-12,14,18,23,26H,3,13,15H2,1-2H3,(H,28,31)(H2,25,27,32). The lowest BCUT2D eigenvalue weighted by atomic mass is 10.1. The number of methoxy groups -OCH3 is 1. The Balaban J connectivity index is 1.53. The van der Waals surface area contributed by atoms with Gasteiger partial charge in [0.1, 0.15) is 11.6 Å². The molecule has 1 aliphatic rings. The normalized spacial score (nSPS) is 17.8. The van der Waals surface area contributed by atoms with Crippen molar-refractivity contribution in [2.45, 2.75) is 38.6 Å².